The van der Waals surface area contributed by atoms with E-state index in [9.17, 15) is 0 Å². The molecule has 0 aliphatic carbocycles. The maximum atomic E-state index is 6.25. The molecular weight excluding hydrogens is 504 g/mol. The van der Waals surface area contributed by atoms with E-state index in [4.69, 9.17) is 11.8 Å². The molecule has 2 aromatic carbocycles. The van der Waals surface area contributed by atoms with E-state index in [1.807, 2.05) is 0 Å². The Balaban J connectivity index is 0. The maximum absolute atomic E-state index is 6.25. The van der Waals surface area contributed by atoms with Crippen LogP contribution in [0.1, 0.15) is 55.6 Å². The molecule has 0 heterocycles. The Labute approximate surface area is 167 Å². The Kier molecular flexibility index (Phi) is 10.8. The molecule has 0 fully saturated rings. The molecule has 123 valence electrons. The van der Waals surface area contributed by atoms with Crippen molar-refractivity contribution in [3.05, 3.63) is 62.2 Å². The predicted molar refractivity (Wildman–Crippen MR) is 96.4 cm³/mol. The summed E-state index contributed by atoms with van der Waals surface area (Å²) >= 11 is 0. The quantitative estimate of drug-likeness (QED) is 0.381. The van der Waals surface area contributed by atoms with Crippen LogP contribution in [0, 0.1) is 112 Å². The monoisotopic (exact) mass is 534 g/mol. The van der Waals surface area contributed by atoms with Gasteiger partial charge in [-0.05, 0) is 0 Å². The van der Waals surface area contributed by atoms with E-state index in [1.54, 1.807) is 0 Å². The molecule has 2 rings (SSSR count). The topological polar surface area (TPSA) is 23.8 Å². The number of nitrogens with zero attached hydrogens (tertiary/aromatic N) is 1. The van der Waals surface area contributed by atoms with E-state index < -0.39 is 0 Å². The SMILES string of the molecule is Cc1c(C)c(C)[c-](C)c1C.Cc1c(C)c(C)[c-](C)c1C.[C-]#N.[U+3]. The summed E-state index contributed by atoms with van der Waals surface area (Å²) < 4.78 is 0. The van der Waals surface area contributed by atoms with Crippen molar-refractivity contribution < 1.29 is 31.1 Å². The predicted octanol–water partition coefficient (Wildman–Crippen LogP) is 5.99. The summed E-state index contributed by atoms with van der Waals surface area (Å²) in [5.74, 6) is 0. The van der Waals surface area contributed by atoms with Crippen molar-refractivity contribution in [3.63, 3.8) is 0 Å². The second kappa shape index (κ2) is 10.2. The maximum Gasteiger partial charge on any atom is 3.00 e. The first-order valence-corrected chi connectivity index (χ1v) is 7.72. The fourth-order valence-corrected chi connectivity index (χ4v) is 2.81. The molecule has 23 heavy (non-hydrogen) atoms. The standard InChI is InChI=1S/2C10H15.CN.U/c2*1-6-7(2)9(4)10(5)8(6)3;1-2;/h2*1-5H3;;/q3*-1;+3. The molecule has 0 amide bonds. The molecule has 2 aromatic rings. The first kappa shape index (κ1) is 24.5. The zero-order valence-corrected chi connectivity index (χ0v) is 20.6. The number of hydrogen-bond acceptors (Lipinski definition) is 1. The Morgan fingerprint density at radius 1 is 0.522 bits per heavy atom. The Bertz CT molecular complexity index is 449. The van der Waals surface area contributed by atoms with Crippen LogP contribution in [0.4, 0.5) is 0 Å². The molecule has 0 unspecified atom stereocenters. The molecule has 0 aliphatic heterocycles. The molecule has 2 heteroatoms. The minimum absolute atomic E-state index is 0. The summed E-state index contributed by atoms with van der Waals surface area (Å²) in [7, 11) is 0. The van der Waals surface area contributed by atoms with Crippen LogP contribution >= 0.6 is 0 Å². The van der Waals surface area contributed by atoms with Crippen LogP contribution in [0.3, 0.4) is 0 Å². The number of rotatable bonds is 0. The average Bonchev–Trinajstić information content (AvgIpc) is 2.81. The Morgan fingerprint density at radius 3 is 0.696 bits per heavy atom. The van der Waals surface area contributed by atoms with Gasteiger partial charge < -0.3 is 11.8 Å². The number of hydrogen-bond donors (Lipinski definition) is 0. The summed E-state index contributed by atoms with van der Waals surface area (Å²) in [4.78, 5) is 0. The first-order chi connectivity index (χ1) is 10.1. The van der Waals surface area contributed by atoms with Crippen LogP contribution in [0.5, 0.6) is 0 Å². The van der Waals surface area contributed by atoms with Gasteiger partial charge in [0.2, 0.25) is 0 Å². The van der Waals surface area contributed by atoms with Gasteiger partial charge in [-0.1, -0.05) is 69.2 Å². The zero-order chi connectivity index (χ0) is 17.8. The smallest absolute Gasteiger partial charge is 0.512 e. The summed E-state index contributed by atoms with van der Waals surface area (Å²) in [5, 5.41) is 6.25. The van der Waals surface area contributed by atoms with Crippen molar-refractivity contribution in [1.29, 1.82) is 5.26 Å². The third-order valence-corrected chi connectivity index (χ3v) is 5.62. The molecule has 0 aliphatic rings. The molecule has 0 atom stereocenters. The summed E-state index contributed by atoms with van der Waals surface area (Å²) in [6.07, 6.45) is 0. The van der Waals surface area contributed by atoms with Crippen LogP contribution in [-0.4, -0.2) is 0 Å². The molecule has 1 radical (unpaired) electrons. The van der Waals surface area contributed by atoms with Gasteiger partial charge >= 0.3 is 31.1 Å². The Hall–Kier alpha value is -0.758. The molecule has 0 spiro atoms. The molecule has 1 nitrogen and oxygen atoms in total. The average molecular weight is 535 g/mol. The van der Waals surface area contributed by atoms with Crippen LogP contribution in [0.25, 0.3) is 0 Å². The molecule has 0 aromatic heterocycles. The summed E-state index contributed by atoms with van der Waals surface area (Å²) in [6.45, 7) is 26.7. The van der Waals surface area contributed by atoms with E-state index in [1.165, 1.54) is 55.6 Å². The van der Waals surface area contributed by atoms with Gasteiger partial charge in [-0.3, -0.25) is 0 Å². The van der Waals surface area contributed by atoms with E-state index >= 15 is 0 Å². The largest absolute Gasteiger partial charge is 3.00 e. The Morgan fingerprint density at radius 2 is 0.652 bits per heavy atom. The van der Waals surface area contributed by atoms with Gasteiger partial charge in [-0.2, -0.15) is 55.6 Å². The summed E-state index contributed by atoms with van der Waals surface area (Å²) in [6, 6.07) is 0. The van der Waals surface area contributed by atoms with Crippen molar-refractivity contribution in [2.24, 2.45) is 0 Å². The van der Waals surface area contributed by atoms with Crippen molar-refractivity contribution in [2.45, 2.75) is 69.2 Å². The van der Waals surface area contributed by atoms with Crippen molar-refractivity contribution in [2.75, 3.05) is 0 Å². The minimum Gasteiger partial charge on any atom is -0.512 e. The molecule has 0 saturated heterocycles. The molecule has 0 N–H and O–H groups in total. The normalized spacial score (nSPS) is 9.22. The summed E-state index contributed by atoms with van der Waals surface area (Å²) in [5.41, 5.74) is 14.7. The van der Waals surface area contributed by atoms with Crippen molar-refractivity contribution in [3.8, 4) is 0 Å². The fraction of sp³-hybridized carbons (Fsp3) is 0.476. The molecule has 0 bridgehead atoms. The minimum atomic E-state index is 0. The van der Waals surface area contributed by atoms with Gasteiger partial charge in [-0.25, -0.2) is 0 Å². The van der Waals surface area contributed by atoms with E-state index in [-0.39, 0.29) is 31.1 Å². The van der Waals surface area contributed by atoms with Crippen LogP contribution < -0.4 is 0 Å². The third kappa shape index (κ3) is 5.11. The van der Waals surface area contributed by atoms with E-state index in [2.05, 4.69) is 69.2 Å². The van der Waals surface area contributed by atoms with Gasteiger partial charge in [-0.15, -0.1) is 0 Å². The zero-order valence-electron chi connectivity index (χ0n) is 16.4. The van der Waals surface area contributed by atoms with Gasteiger partial charge in [0.15, 0.2) is 0 Å². The van der Waals surface area contributed by atoms with E-state index in [0.717, 1.165) is 0 Å². The van der Waals surface area contributed by atoms with Gasteiger partial charge in [0.05, 0.1) is 0 Å². The van der Waals surface area contributed by atoms with Crippen molar-refractivity contribution >= 4 is 0 Å². The van der Waals surface area contributed by atoms with Gasteiger partial charge in [0, 0.05) is 0 Å². The van der Waals surface area contributed by atoms with Crippen LogP contribution in [0.15, 0.2) is 0 Å². The van der Waals surface area contributed by atoms with Crippen LogP contribution in [-0.2, 0) is 0 Å². The second-order valence-electron chi connectivity index (χ2n) is 6.25. The first-order valence-electron chi connectivity index (χ1n) is 7.72. The van der Waals surface area contributed by atoms with E-state index in [0.29, 0.717) is 0 Å². The third-order valence-electron chi connectivity index (χ3n) is 5.62. The van der Waals surface area contributed by atoms with Crippen LogP contribution in [0.2, 0.25) is 0 Å². The molecular formula is C21H30NU. The van der Waals surface area contributed by atoms with Crippen molar-refractivity contribution in [1.82, 2.24) is 0 Å². The second-order valence-corrected chi connectivity index (χ2v) is 6.25. The van der Waals surface area contributed by atoms with Gasteiger partial charge in [0.25, 0.3) is 0 Å². The molecule has 0 saturated carbocycles. The van der Waals surface area contributed by atoms with Gasteiger partial charge in [0.1, 0.15) is 0 Å². The fourth-order valence-electron chi connectivity index (χ4n) is 2.81.